The van der Waals surface area contributed by atoms with Crippen LogP contribution < -0.4 is 19.5 Å². The molecule has 0 aliphatic rings. The first-order valence-electron chi connectivity index (χ1n) is 8.63. The van der Waals surface area contributed by atoms with Crippen LogP contribution in [-0.4, -0.2) is 37.2 Å². The van der Waals surface area contributed by atoms with Crippen LogP contribution in [0.15, 0.2) is 48.7 Å². The van der Waals surface area contributed by atoms with Crippen molar-refractivity contribution in [3.8, 4) is 17.2 Å². The minimum atomic E-state index is -0.341. The molecule has 2 N–H and O–H groups in total. The molecule has 142 valence electrons. The van der Waals surface area contributed by atoms with E-state index in [-0.39, 0.29) is 5.91 Å². The second kappa shape index (κ2) is 7.11. The second-order valence-electron chi connectivity index (χ2n) is 6.12. The Morgan fingerprint density at radius 3 is 2.36 bits per heavy atom. The first kappa shape index (κ1) is 17.7. The van der Waals surface area contributed by atoms with Crippen molar-refractivity contribution < 1.29 is 19.0 Å². The van der Waals surface area contributed by atoms with Crippen LogP contribution in [0.2, 0.25) is 0 Å². The SMILES string of the molecule is COc1cc(NC(=O)c2nccc3c2[nH]c2ccccc23)cc(OC)c1OC. The highest BCUT2D eigenvalue weighted by Crippen LogP contribution is 2.40. The van der Waals surface area contributed by atoms with Gasteiger partial charge in [-0.25, -0.2) is 4.98 Å². The van der Waals surface area contributed by atoms with E-state index >= 15 is 0 Å². The monoisotopic (exact) mass is 377 g/mol. The molecule has 0 radical (unpaired) electrons. The maximum Gasteiger partial charge on any atom is 0.276 e. The fraction of sp³-hybridized carbons (Fsp3) is 0.143. The number of aromatic amines is 1. The summed E-state index contributed by atoms with van der Waals surface area (Å²) in [5.41, 5.74) is 2.46. The largest absolute Gasteiger partial charge is 0.493 e. The maximum absolute atomic E-state index is 13.0. The van der Waals surface area contributed by atoms with Gasteiger partial charge in [0.05, 0.1) is 26.8 Å². The van der Waals surface area contributed by atoms with Crippen molar-refractivity contribution in [1.29, 1.82) is 0 Å². The summed E-state index contributed by atoms with van der Waals surface area (Å²) in [7, 11) is 4.57. The number of nitrogens with one attached hydrogen (secondary N) is 2. The molecular formula is C21H19N3O4. The highest BCUT2D eigenvalue weighted by atomic mass is 16.5. The third kappa shape index (κ3) is 2.87. The fourth-order valence-corrected chi connectivity index (χ4v) is 3.29. The summed E-state index contributed by atoms with van der Waals surface area (Å²) in [6.45, 7) is 0. The topological polar surface area (TPSA) is 85.5 Å². The fourth-order valence-electron chi connectivity index (χ4n) is 3.29. The number of pyridine rings is 1. The summed E-state index contributed by atoms with van der Waals surface area (Å²) >= 11 is 0. The van der Waals surface area contributed by atoms with Gasteiger partial charge in [-0.3, -0.25) is 4.79 Å². The predicted molar refractivity (Wildman–Crippen MR) is 108 cm³/mol. The number of para-hydroxylation sites is 1. The second-order valence-corrected chi connectivity index (χ2v) is 6.12. The number of fused-ring (bicyclic) bond motifs is 3. The van der Waals surface area contributed by atoms with Crippen molar-refractivity contribution in [3.63, 3.8) is 0 Å². The predicted octanol–water partition coefficient (Wildman–Crippen LogP) is 3.99. The Kier molecular flexibility index (Phi) is 4.49. The molecule has 4 rings (SSSR count). The van der Waals surface area contributed by atoms with Gasteiger partial charge < -0.3 is 24.5 Å². The Hall–Kier alpha value is -3.74. The van der Waals surface area contributed by atoms with Crippen molar-refractivity contribution in [1.82, 2.24) is 9.97 Å². The van der Waals surface area contributed by atoms with Crippen LogP contribution in [0.5, 0.6) is 17.2 Å². The number of benzene rings is 2. The van der Waals surface area contributed by atoms with Gasteiger partial charge in [-0.1, -0.05) is 18.2 Å². The molecule has 0 saturated carbocycles. The zero-order valence-corrected chi connectivity index (χ0v) is 15.7. The highest BCUT2D eigenvalue weighted by Gasteiger charge is 2.18. The Labute approximate surface area is 161 Å². The zero-order chi connectivity index (χ0) is 19.7. The molecule has 2 aromatic heterocycles. The number of carbonyl (C=O) groups is 1. The molecule has 0 atom stereocenters. The van der Waals surface area contributed by atoms with E-state index in [1.54, 1.807) is 18.3 Å². The van der Waals surface area contributed by atoms with Crippen molar-refractivity contribution in [2.75, 3.05) is 26.6 Å². The van der Waals surface area contributed by atoms with Gasteiger partial charge in [-0.2, -0.15) is 0 Å². The van der Waals surface area contributed by atoms with E-state index in [4.69, 9.17) is 14.2 Å². The molecule has 7 nitrogen and oxygen atoms in total. The molecule has 4 aromatic rings. The van der Waals surface area contributed by atoms with E-state index in [9.17, 15) is 4.79 Å². The van der Waals surface area contributed by atoms with Gasteiger partial charge in [0.1, 0.15) is 0 Å². The van der Waals surface area contributed by atoms with Gasteiger partial charge in [0, 0.05) is 40.3 Å². The van der Waals surface area contributed by atoms with Crippen LogP contribution in [0, 0.1) is 0 Å². The first-order chi connectivity index (χ1) is 13.7. The Morgan fingerprint density at radius 1 is 0.964 bits per heavy atom. The average Bonchev–Trinajstić information content (AvgIpc) is 3.11. The number of methoxy groups -OCH3 is 3. The molecule has 28 heavy (non-hydrogen) atoms. The number of nitrogens with zero attached hydrogens (tertiary/aromatic N) is 1. The molecule has 2 heterocycles. The summed E-state index contributed by atoms with van der Waals surface area (Å²) in [5.74, 6) is 1.02. The number of aromatic nitrogens is 2. The zero-order valence-electron chi connectivity index (χ0n) is 15.7. The minimum absolute atomic E-state index is 0.308. The Balaban J connectivity index is 1.75. The molecule has 0 bridgehead atoms. The lowest BCUT2D eigenvalue weighted by atomic mass is 10.1. The smallest absolute Gasteiger partial charge is 0.276 e. The first-order valence-corrected chi connectivity index (χ1v) is 8.63. The summed E-state index contributed by atoms with van der Waals surface area (Å²) in [6.07, 6.45) is 1.63. The van der Waals surface area contributed by atoms with Crippen LogP contribution in [0.3, 0.4) is 0 Å². The van der Waals surface area contributed by atoms with Crippen molar-refractivity contribution >= 4 is 33.4 Å². The van der Waals surface area contributed by atoms with Crippen molar-refractivity contribution in [2.45, 2.75) is 0 Å². The lowest BCUT2D eigenvalue weighted by Crippen LogP contribution is -2.14. The van der Waals surface area contributed by atoms with Gasteiger partial charge in [-0.15, -0.1) is 0 Å². The third-order valence-electron chi connectivity index (χ3n) is 4.57. The number of H-pyrrole nitrogens is 1. The van der Waals surface area contributed by atoms with Crippen LogP contribution in [-0.2, 0) is 0 Å². The lowest BCUT2D eigenvalue weighted by molar-refractivity contribution is 0.102. The van der Waals surface area contributed by atoms with Gasteiger partial charge in [0.2, 0.25) is 5.75 Å². The summed E-state index contributed by atoms with van der Waals surface area (Å²) in [4.78, 5) is 20.5. The molecule has 0 aliphatic carbocycles. The number of hydrogen-bond acceptors (Lipinski definition) is 5. The molecule has 0 saturated heterocycles. The molecule has 0 unspecified atom stereocenters. The number of anilines is 1. The molecular weight excluding hydrogens is 358 g/mol. The quantitative estimate of drug-likeness (QED) is 0.549. The standard InChI is InChI=1S/C21H19N3O4/c1-26-16-10-12(11-17(27-2)20(16)28-3)23-21(25)19-18-14(8-9-22-19)13-6-4-5-7-15(13)24-18/h4-11,24H,1-3H3,(H,23,25). The number of hydrogen-bond donors (Lipinski definition) is 2. The van der Waals surface area contributed by atoms with E-state index < -0.39 is 0 Å². The molecule has 2 aromatic carbocycles. The van der Waals surface area contributed by atoms with Gasteiger partial charge in [-0.05, 0) is 12.1 Å². The minimum Gasteiger partial charge on any atom is -0.493 e. The Bertz CT molecular complexity index is 1160. The molecule has 0 spiro atoms. The summed E-state index contributed by atoms with van der Waals surface area (Å²) in [6, 6.07) is 13.1. The lowest BCUT2D eigenvalue weighted by Gasteiger charge is -2.14. The van der Waals surface area contributed by atoms with Crippen molar-refractivity contribution in [2.24, 2.45) is 0 Å². The van der Waals surface area contributed by atoms with E-state index in [0.29, 0.717) is 34.1 Å². The van der Waals surface area contributed by atoms with Gasteiger partial charge in [0.25, 0.3) is 5.91 Å². The maximum atomic E-state index is 13.0. The number of carbonyl (C=O) groups excluding carboxylic acids is 1. The highest BCUT2D eigenvalue weighted by molar-refractivity contribution is 6.16. The third-order valence-corrected chi connectivity index (χ3v) is 4.57. The molecule has 0 aliphatic heterocycles. The van der Waals surface area contributed by atoms with E-state index in [2.05, 4.69) is 15.3 Å². The average molecular weight is 377 g/mol. The number of rotatable bonds is 5. The van der Waals surface area contributed by atoms with E-state index in [1.165, 1.54) is 21.3 Å². The van der Waals surface area contributed by atoms with Crippen LogP contribution >= 0.6 is 0 Å². The summed E-state index contributed by atoms with van der Waals surface area (Å²) < 4.78 is 16.0. The van der Waals surface area contributed by atoms with Crippen molar-refractivity contribution in [3.05, 3.63) is 54.4 Å². The molecule has 1 amide bonds. The number of amides is 1. The van der Waals surface area contributed by atoms with Gasteiger partial charge in [0.15, 0.2) is 17.2 Å². The van der Waals surface area contributed by atoms with E-state index in [1.807, 2.05) is 30.3 Å². The molecule has 0 fully saturated rings. The van der Waals surface area contributed by atoms with Gasteiger partial charge >= 0.3 is 0 Å². The molecule has 7 heteroatoms. The number of ether oxygens (including phenoxy) is 3. The van der Waals surface area contributed by atoms with Crippen LogP contribution in [0.25, 0.3) is 21.8 Å². The van der Waals surface area contributed by atoms with Crippen LogP contribution in [0.1, 0.15) is 10.5 Å². The van der Waals surface area contributed by atoms with E-state index in [0.717, 1.165) is 16.3 Å². The summed E-state index contributed by atoms with van der Waals surface area (Å²) in [5, 5.41) is 4.85. The van der Waals surface area contributed by atoms with Crippen LogP contribution in [0.4, 0.5) is 5.69 Å². The normalized spacial score (nSPS) is 10.8. The Morgan fingerprint density at radius 2 is 1.68 bits per heavy atom.